The minimum atomic E-state index is -0.229. The minimum absolute atomic E-state index is 0.229. The number of rotatable bonds is 6. The standard InChI is InChI=1S/C27H33N5O2/c28-17-20-14-23(15-20)32-25-9-8-22(16-24(25)26(29-32)21-6-7-21)30-10-12-31(13-11-30)27(33)34-18-19-4-2-1-3-5-19/h1-5,8-9,16,20-21,23H,6-7,10-15,17-18,28H2/t20-,23-. The number of amides is 1. The molecule has 7 heteroatoms. The highest BCUT2D eigenvalue weighted by Gasteiger charge is 2.35. The summed E-state index contributed by atoms with van der Waals surface area (Å²) in [6.45, 7) is 4.05. The average molecular weight is 460 g/mol. The van der Waals surface area contributed by atoms with Crippen molar-refractivity contribution in [2.45, 2.75) is 44.2 Å². The number of hydrogen-bond donors (Lipinski definition) is 1. The molecule has 1 aromatic heterocycles. The number of aromatic nitrogens is 2. The minimum Gasteiger partial charge on any atom is -0.445 e. The van der Waals surface area contributed by atoms with Crippen LogP contribution in [-0.2, 0) is 11.3 Å². The van der Waals surface area contributed by atoms with Gasteiger partial charge in [-0.2, -0.15) is 5.10 Å². The van der Waals surface area contributed by atoms with Gasteiger partial charge in [0.1, 0.15) is 6.61 Å². The van der Waals surface area contributed by atoms with Gasteiger partial charge in [-0.05, 0) is 61.9 Å². The highest BCUT2D eigenvalue weighted by atomic mass is 16.6. The predicted octanol–water partition coefficient (Wildman–Crippen LogP) is 4.28. The van der Waals surface area contributed by atoms with Crippen molar-refractivity contribution in [2.75, 3.05) is 37.6 Å². The lowest BCUT2D eigenvalue weighted by molar-refractivity contribution is 0.0942. The van der Waals surface area contributed by atoms with E-state index in [0.717, 1.165) is 38.0 Å². The van der Waals surface area contributed by atoms with Gasteiger partial charge in [-0.1, -0.05) is 30.3 Å². The Bertz CT molecular complexity index is 1160. The second kappa shape index (κ2) is 8.95. The van der Waals surface area contributed by atoms with E-state index in [2.05, 4.69) is 27.8 Å². The molecule has 1 amide bonds. The van der Waals surface area contributed by atoms with Crippen molar-refractivity contribution in [3.8, 4) is 0 Å². The van der Waals surface area contributed by atoms with Gasteiger partial charge in [0.2, 0.25) is 0 Å². The van der Waals surface area contributed by atoms with Gasteiger partial charge in [-0.15, -0.1) is 0 Å². The van der Waals surface area contributed by atoms with Crippen molar-refractivity contribution in [1.29, 1.82) is 0 Å². The van der Waals surface area contributed by atoms with Crippen molar-refractivity contribution < 1.29 is 9.53 Å². The van der Waals surface area contributed by atoms with Gasteiger partial charge in [0.05, 0.1) is 17.3 Å². The largest absolute Gasteiger partial charge is 0.445 e. The molecule has 2 saturated carbocycles. The van der Waals surface area contributed by atoms with Crippen molar-refractivity contribution in [3.05, 3.63) is 59.8 Å². The summed E-state index contributed by atoms with van der Waals surface area (Å²) < 4.78 is 7.80. The molecule has 178 valence electrons. The first-order valence-electron chi connectivity index (χ1n) is 12.6. The Balaban J connectivity index is 1.12. The van der Waals surface area contributed by atoms with Crippen LogP contribution in [0.3, 0.4) is 0 Å². The SMILES string of the molecule is NC[C@H]1C[C@H](n2nc(C3CC3)c3cc(N4CCN(C(=O)OCc5ccccc5)CC4)ccc32)C1. The van der Waals surface area contributed by atoms with E-state index in [1.54, 1.807) is 0 Å². The Morgan fingerprint density at radius 1 is 1.03 bits per heavy atom. The average Bonchev–Trinajstić information content (AvgIpc) is 3.64. The first-order chi connectivity index (χ1) is 16.7. The maximum atomic E-state index is 12.5. The van der Waals surface area contributed by atoms with E-state index in [-0.39, 0.29) is 6.09 Å². The quantitative estimate of drug-likeness (QED) is 0.595. The third kappa shape index (κ3) is 4.13. The van der Waals surface area contributed by atoms with E-state index in [4.69, 9.17) is 15.6 Å². The summed E-state index contributed by atoms with van der Waals surface area (Å²) in [5, 5.41) is 6.40. The van der Waals surface area contributed by atoms with E-state index in [1.807, 2.05) is 35.2 Å². The third-order valence-electron chi connectivity index (χ3n) is 7.68. The maximum absolute atomic E-state index is 12.5. The second-order valence-corrected chi connectivity index (χ2v) is 10.0. The molecule has 2 N–H and O–H groups in total. The molecular weight excluding hydrogens is 426 g/mol. The number of ether oxygens (including phenoxy) is 1. The Hall–Kier alpha value is -3.06. The van der Waals surface area contributed by atoms with Gasteiger partial charge >= 0.3 is 6.09 Å². The smallest absolute Gasteiger partial charge is 0.410 e. The molecule has 7 nitrogen and oxygen atoms in total. The zero-order chi connectivity index (χ0) is 23.1. The van der Waals surface area contributed by atoms with Gasteiger partial charge < -0.3 is 20.3 Å². The fraction of sp³-hybridized carbons (Fsp3) is 0.481. The molecule has 0 spiro atoms. The molecule has 0 unspecified atom stereocenters. The molecule has 0 atom stereocenters. The summed E-state index contributed by atoms with van der Waals surface area (Å²) in [5.41, 5.74) is 10.6. The zero-order valence-electron chi connectivity index (χ0n) is 19.6. The summed E-state index contributed by atoms with van der Waals surface area (Å²) >= 11 is 0. The Morgan fingerprint density at radius 2 is 1.79 bits per heavy atom. The van der Waals surface area contributed by atoms with E-state index in [0.29, 0.717) is 37.6 Å². The van der Waals surface area contributed by atoms with Crippen LogP contribution in [0.15, 0.2) is 48.5 Å². The van der Waals surface area contributed by atoms with Crippen molar-refractivity contribution >= 4 is 22.7 Å². The molecule has 3 aliphatic rings. The molecule has 2 aromatic carbocycles. The fourth-order valence-corrected chi connectivity index (χ4v) is 5.34. The molecule has 1 aliphatic heterocycles. The highest BCUT2D eigenvalue weighted by molar-refractivity contribution is 5.86. The molecule has 1 saturated heterocycles. The summed E-state index contributed by atoms with van der Waals surface area (Å²) in [7, 11) is 0. The third-order valence-corrected chi connectivity index (χ3v) is 7.68. The van der Waals surface area contributed by atoms with Crippen LogP contribution in [-0.4, -0.2) is 53.5 Å². The van der Waals surface area contributed by atoms with Crippen molar-refractivity contribution in [3.63, 3.8) is 0 Å². The van der Waals surface area contributed by atoms with Gasteiger partial charge in [0.15, 0.2) is 0 Å². The Morgan fingerprint density at radius 3 is 2.50 bits per heavy atom. The van der Waals surface area contributed by atoms with Gasteiger partial charge in [-0.25, -0.2) is 4.79 Å². The summed E-state index contributed by atoms with van der Waals surface area (Å²) in [5.74, 6) is 1.25. The molecular formula is C27H33N5O2. The first kappa shape index (κ1) is 21.5. The number of anilines is 1. The fourth-order valence-electron chi connectivity index (χ4n) is 5.34. The first-order valence-corrected chi connectivity index (χ1v) is 12.6. The Labute approximate surface area is 200 Å². The molecule has 0 radical (unpaired) electrons. The number of nitrogens with zero attached hydrogens (tertiary/aromatic N) is 4. The van der Waals surface area contributed by atoms with Crippen LogP contribution in [0, 0.1) is 5.92 Å². The van der Waals surface area contributed by atoms with E-state index in [9.17, 15) is 4.79 Å². The van der Waals surface area contributed by atoms with Crippen LogP contribution in [0.2, 0.25) is 0 Å². The second-order valence-electron chi connectivity index (χ2n) is 10.0. The molecule has 6 rings (SSSR count). The van der Waals surface area contributed by atoms with Crippen LogP contribution in [0.25, 0.3) is 10.9 Å². The van der Waals surface area contributed by atoms with Gasteiger partial charge in [0.25, 0.3) is 0 Å². The molecule has 0 bridgehead atoms. The van der Waals surface area contributed by atoms with Crippen molar-refractivity contribution in [2.24, 2.45) is 11.7 Å². The summed E-state index contributed by atoms with van der Waals surface area (Å²) in [6, 6.07) is 17.1. The number of benzene rings is 2. The van der Waals surface area contributed by atoms with Crippen LogP contribution < -0.4 is 10.6 Å². The maximum Gasteiger partial charge on any atom is 0.410 e. The number of fused-ring (bicyclic) bond motifs is 1. The lowest BCUT2D eigenvalue weighted by atomic mass is 9.80. The molecule has 34 heavy (non-hydrogen) atoms. The number of nitrogens with two attached hydrogens (primary N) is 1. The van der Waals surface area contributed by atoms with E-state index >= 15 is 0 Å². The molecule has 2 aliphatic carbocycles. The zero-order valence-corrected chi connectivity index (χ0v) is 19.6. The normalized spacial score (nSPS) is 22.6. The molecule has 2 heterocycles. The monoisotopic (exact) mass is 459 g/mol. The number of carbonyl (C=O) groups is 1. The van der Waals surface area contributed by atoms with Gasteiger partial charge in [-0.3, -0.25) is 4.68 Å². The van der Waals surface area contributed by atoms with Crippen LogP contribution in [0.5, 0.6) is 0 Å². The predicted molar refractivity (Wildman–Crippen MR) is 133 cm³/mol. The number of piperazine rings is 1. The highest BCUT2D eigenvalue weighted by Crippen LogP contribution is 2.46. The van der Waals surface area contributed by atoms with Crippen LogP contribution >= 0.6 is 0 Å². The van der Waals surface area contributed by atoms with Crippen molar-refractivity contribution in [1.82, 2.24) is 14.7 Å². The topological polar surface area (TPSA) is 76.6 Å². The molecule has 3 aromatic rings. The lowest BCUT2D eigenvalue weighted by Gasteiger charge is -2.36. The number of hydrogen-bond acceptors (Lipinski definition) is 5. The van der Waals surface area contributed by atoms with E-state index in [1.165, 1.54) is 35.1 Å². The number of carbonyl (C=O) groups excluding carboxylic acids is 1. The Kier molecular flexibility index (Phi) is 5.65. The van der Waals surface area contributed by atoms with Gasteiger partial charge in [0, 0.05) is 43.2 Å². The lowest BCUT2D eigenvalue weighted by Crippen LogP contribution is -2.48. The summed E-state index contributed by atoms with van der Waals surface area (Å²) in [6.07, 6.45) is 4.54. The summed E-state index contributed by atoms with van der Waals surface area (Å²) in [4.78, 5) is 16.7. The van der Waals surface area contributed by atoms with Crippen LogP contribution in [0.4, 0.5) is 10.5 Å². The van der Waals surface area contributed by atoms with Crippen LogP contribution in [0.1, 0.15) is 48.9 Å². The molecule has 3 fully saturated rings. The van der Waals surface area contributed by atoms with E-state index < -0.39 is 0 Å².